The van der Waals surface area contributed by atoms with Crippen molar-refractivity contribution in [1.29, 1.82) is 0 Å². The van der Waals surface area contributed by atoms with Gasteiger partial charge in [-0.3, -0.25) is 4.79 Å². The Kier molecular flexibility index (Phi) is 3.82. The first kappa shape index (κ1) is 14.6. The third-order valence-electron chi connectivity index (χ3n) is 4.28. The number of nitrogens with zero attached hydrogens (tertiary/aromatic N) is 4. The first-order chi connectivity index (χ1) is 11.8. The van der Waals surface area contributed by atoms with Crippen LogP contribution in [0.5, 0.6) is 5.75 Å². The topological polar surface area (TPSA) is 81.4 Å². The maximum Gasteiger partial charge on any atom is 0.251 e. The minimum atomic E-state index is -0.112. The molecule has 0 unspecified atom stereocenters. The standard InChI is InChI=1S/C17H17N5O2/c23-17(14-5-7-22-16(10-14)19-20-21-22)18-11-12-6-8-24-15-4-2-1-3-13(15)9-12/h1-5,7,10,12H,6,8-9,11H2,(H,18,23)/t12-/m0/s1. The molecule has 1 aliphatic rings. The molecule has 0 bridgehead atoms. The molecule has 0 saturated carbocycles. The molecule has 24 heavy (non-hydrogen) atoms. The molecule has 3 heterocycles. The minimum absolute atomic E-state index is 0.112. The van der Waals surface area contributed by atoms with Gasteiger partial charge in [0.1, 0.15) is 5.75 Å². The summed E-state index contributed by atoms with van der Waals surface area (Å²) in [5, 5.41) is 14.2. The first-order valence-electron chi connectivity index (χ1n) is 7.96. The summed E-state index contributed by atoms with van der Waals surface area (Å²) in [5.74, 6) is 1.20. The minimum Gasteiger partial charge on any atom is -0.493 e. The Labute approximate surface area is 138 Å². The lowest BCUT2D eigenvalue weighted by Gasteiger charge is -2.14. The van der Waals surface area contributed by atoms with E-state index in [1.165, 1.54) is 10.1 Å². The SMILES string of the molecule is O=C(NC[C@H]1CCOc2ccccc2C1)c1ccn2nnnc2c1. The molecule has 7 nitrogen and oxygen atoms in total. The van der Waals surface area contributed by atoms with Crippen molar-refractivity contribution in [2.75, 3.05) is 13.2 Å². The number of carbonyl (C=O) groups excluding carboxylic acids is 1. The number of pyridine rings is 1. The molecule has 122 valence electrons. The van der Waals surface area contributed by atoms with Gasteiger partial charge in [0, 0.05) is 18.3 Å². The van der Waals surface area contributed by atoms with Gasteiger partial charge in [0.15, 0.2) is 5.65 Å². The Morgan fingerprint density at radius 2 is 2.25 bits per heavy atom. The lowest BCUT2D eigenvalue weighted by molar-refractivity contribution is 0.0945. The zero-order valence-corrected chi connectivity index (χ0v) is 13.1. The van der Waals surface area contributed by atoms with Crippen LogP contribution in [0.2, 0.25) is 0 Å². The quantitative estimate of drug-likeness (QED) is 0.790. The maximum atomic E-state index is 12.4. The highest BCUT2D eigenvalue weighted by molar-refractivity contribution is 5.94. The predicted molar refractivity (Wildman–Crippen MR) is 86.9 cm³/mol. The summed E-state index contributed by atoms with van der Waals surface area (Å²) in [5.41, 5.74) is 2.31. The number of hydrogen-bond donors (Lipinski definition) is 1. The van der Waals surface area contributed by atoms with Gasteiger partial charge < -0.3 is 10.1 Å². The number of hydrogen-bond acceptors (Lipinski definition) is 5. The summed E-state index contributed by atoms with van der Waals surface area (Å²) in [6.45, 7) is 1.29. The lowest BCUT2D eigenvalue weighted by atomic mass is 9.97. The van der Waals surface area contributed by atoms with E-state index in [0.29, 0.717) is 30.3 Å². The number of benzene rings is 1. The molecule has 7 heteroatoms. The van der Waals surface area contributed by atoms with Gasteiger partial charge in [-0.05, 0) is 52.9 Å². The van der Waals surface area contributed by atoms with Crippen LogP contribution in [-0.4, -0.2) is 39.1 Å². The number of nitrogens with one attached hydrogen (secondary N) is 1. The Morgan fingerprint density at radius 3 is 3.21 bits per heavy atom. The van der Waals surface area contributed by atoms with E-state index in [4.69, 9.17) is 4.74 Å². The average Bonchev–Trinajstić information content (AvgIpc) is 2.98. The molecule has 0 saturated heterocycles. The second-order valence-electron chi connectivity index (χ2n) is 5.92. The summed E-state index contributed by atoms with van der Waals surface area (Å²) >= 11 is 0. The van der Waals surface area contributed by atoms with Gasteiger partial charge in [0.2, 0.25) is 0 Å². The van der Waals surface area contributed by atoms with Crippen LogP contribution in [-0.2, 0) is 6.42 Å². The number of tetrazole rings is 1. The van der Waals surface area contributed by atoms with E-state index in [0.717, 1.165) is 18.6 Å². The summed E-state index contributed by atoms with van der Waals surface area (Å²) in [7, 11) is 0. The predicted octanol–water partition coefficient (Wildman–Crippen LogP) is 1.50. The van der Waals surface area contributed by atoms with Crippen molar-refractivity contribution in [3.63, 3.8) is 0 Å². The summed E-state index contributed by atoms with van der Waals surface area (Å²) in [6.07, 6.45) is 3.51. The van der Waals surface area contributed by atoms with Gasteiger partial charge in [-0.15, -0.1) is 5.10 Å². The molecule has 2 aromatic heterocycles. The fraction of sp³-hybridized carbons (Fsp3) is 0.294. The first-order valence-corrected chi connectivity index (χ1v) is 7.96. The molecule has 1 aromatic carbocycles. The van der Waals surface area contributed by atoms with Crippen molar-refractivity contribution < 1.29 is 9.53 Å². The number of aromatic nitrogens is 4. The number of carbonyl (C=O) groups is 1. The van der Waals surface area contributed by atoms with E-state index >= 15 is 0 Å². The van der Waals surface area contributed by atoms with Crippen molar-refractivity contribution >= 4 is 11.6 Å². The fourth-order valence-corrected chi connectivity index (χ4v) is 2.96. The molecule has 0 aliphatic carbocycles. The zero-order valence-electron chi connectivity index (χ0n) is 13.1. The maximum absolute atomic E-state index is 12.4. The summed E-state index contributed by atoms with van der Waals surface area (Å²) in [4.78, 5) is 12.4. The van der Waals surface area contributed by atoms with Crippen molar-refractivity contribution in [1.82, 2.24) is 25.4 Å². The van der Waals surface area contributed by atoms with Crippen LogP contribution in [0.4, 0.5) is 0 Å². The highest BCUT2D eigenvalue weighted by Crippen LogP contribution is 2.26. The molecule has 0 spiro atoms. The average molecular weight is 323 g/mol. The zero-order chi connectivity index (χ0) is 16.4. The molecule has 4 rings (SSSR count). The van der Waals surface area contributed by atoms with Gasteiger partial charge >= 0.3 is 0 Å². The molecular formula is C17H17N5O2. The Balaban J connectivity index is 1.41. The fourth-order valence-electron chi connectivity index (χ4n) is 2.96. The second-order valence-corrected chi connectivity index (χ2v) is 5.92. The summed E-state index contributed by atoms with van der Waals surface area (Å²) < 4.78 is 7.30. The van der Waals surface area contributed by atoms with Crippen molar-refractivity contribution in [2.45, 2.75) is 12.8 Å². The Bertz CT molecular complexity index is 876. The van der Waals surface area contributed by atoms with Crippen LogP contribution in [0, 0.1) is 5.92 Å². The number of para-hydroxylation sites is 1. The van der Waals surface area contributed by atoms with Gasteiger partial charge in [-0.2, -0.15) is 0 Å². The molecule has 1 atom stereocenters. The number of rotatable bonds is 3. The van der Waals surface area contributed by atoms with Crippen molar-refractivity contribution in [2.24, 2.45) is 5.92 Å². The lowest BCUT2D eigenvalue weighted by Crippen LogP contribution is -2.30. The highest BCUT2D eigenvalue weighted by atomic mass is 16.5. The van der Waals surface area contributed by atoms with E-state index < -0.39 is 0 Å². The van der Waals surface area contributed by atoms with Crippen molar-refractivity contribution in [3.05, 3.63) is 53.7 Å². The highest BCUT2D eigenvalue weighted by Gasteiger charge is 2.18. The Hall–Kier alpha value is -2.96. The van der Waals surface area contributed by atoms with Crippen LogP contribution in [0.3, 0.4) is 0 Å². The van der Waals surface area contributed by atoms with Crippen LogP contribution in [0.1, 0.15) is 22.3 Å². The summed E-state index contributed by atoms with van der Waals surface area (Å²) in [6, 6.07) is 11.5. The van der Waals surface area contributed by atoms with Crippen LogP contribution in [0.15, 0.2) is 42.6 Å². The second kappa shape index (κ2) is 6.27. The molecular weight excluding hydrogens is 306 g/mol. The number of fused-ring (bicyclic) bond motifs is 2. The van der Waals surface area contributed by atoms with E-state index in [1.807, 2.05) is 18.2 Å². The molecule has 0 fully saturated rings. The normalized spacial score (nSPS) is 16.9. The van der Waals surface area contributed by atoms with E-state index in [2.05, 4.69) is 26.9 Å². The van der Waals surface area contributed by atoms with E-state index in [-0.39, 0.29) is 5.91 Å². The van der Waals surface area contributed by atoms with Crippen LogP contribution < -0.4 is 10.1 Å². The number of amides is 1. The van der Waals surface area contributed by atoms with Gasteiger partial charge in [-0.1, -0.05) is 18.2 Å². The third kappa shape index (κ3) is 2.92. The molecule has 0 radical (unpaired) electrons. The van der Waals surface area contributed by atoms with E-state index in [1.54, 1.807) is 18.3 Å². The van der Waals surface area contributed by atoms with Gasteiger partial charge in [0.05, 0.1) is 6.61 Å². The third-order valence-corrected chi connectivity index (χ3v) is 4.28. The molecule has 1 amide bonds. The van der Waals surface area contributed by atoms with Crippen molar-refractivity contribution in [3.8, 4) is 5.75 Å². The van der Waals surface area contributed by atoms with Crippen LogP contribution in [0.25, 0.3) is 5.65 Å². The molecule has 3 aromatic rings. The largest absolute Gasteiger partial charge is 0.493 e. The Morgan fingerprint density at radius 1 is 1.33 bits per heavy atom. The monoisotopic (exact) mass is 323 g/mol. The van der Waals surface area contributed by atoms with E-state index in [9.17, 15) is 4.79 Å². The number of ether oxygens (including phenoxy) is 1. The molecule has 1 N–H and O–H groups in total. The molecule has 1 aliphatic heterocycles. The van der Waals surface area contributed by atoms with Gasteiger partial charge in [-0.25, -0.2) is 4.52 Å². The van der Waals surface area contributed by atoms with Gasteiger partial charge in [0.25, 0.3) is 5.91 Å². The van der Waals surface area contributed by atoms with Crippen LogP contribution >= 0.6 is 0 Å². The smallest absolute Gasteiger partial charge is 0.251 e.